The van der Waals surface area contributed by atoms with Gasteiger partial charge in [-0.15, -0.1) is 0 Å². The highest BCUT2D eigenvalue weighted by atomic mass is 16.5. The van der Waals surface area contributed by atoms with E-state index in [1.54, 1.807) is 18.2 Å². The highest BCUT2D eigenvalue weighted by Crippen LogP contribution is 2.25. The highest BCUT2D eigenvalue weighted by molar-refractivity contribution is 5.92. The molecule has 1 aromatic rings. The number of piperidine rings is 1. The summed E-state index contributed by atoms with van der Waals surface area (Å²) in [5.41, 5.74) is 0.189. The number of carbonyl (C=O) groups is 3. The van der Waals surface area contributed by atoms with Crippen LogP contribution in [0.4, 0.5) is 0 Å². The maximum atomic E-state index is 13.4. The molecule has 0 aliphatic carbocycles. The molecule has 5 heterocycles. The van der Waals surface area contributed by atoms with Crippen LogP contribution in [0, 0.1) is 11.3 Å². The fourth-order valence-electron chi connectivity index (χ4n) is 5.50. The van der Waals surface area contributed by atoms with E-state index in [4.69, 9.17) is 9.47 Å². The zero-order valence-electron chi connectivity index (χ0n) is 23.3. The van der Waals surface area contributed by atoms with Crippen molar-refractivity contribution in [3.05, 3.63) is 23.9 Å². The quantitative estimate of drug-likeness (QED) is 0.553. The van der Waals surface area contributed by atoms with Crippen molar-refractivity contribution < 1.29 is 23.9 Å². The van der Waals surface area contributed by atoms with Crippen LogP contribution in [0.3, 0.4) is 0 Å². The molecule has 3 amide bonds. The van der Waals surface area contributed by atoms with Gasteiger partial charge in [0.2, 0.25) is 17.7 Å². The Balaban J connectivity index is 1.47. The molecule has 0 aromatic carbocycles. The average molecular weight is 530 g/mol. The van der Waals surface area contributed by atoms with Crippen molar-refractivity contribution in [1.82, 2.24) is 25.0 Å². The normalized spacial score (nSPS) is 26.5. The van der Waals surface area contributed by atoms with E-state index < -0.39 is 0 Å². The van der Waals surface area contributed by atoms with Crippen molar-refractivity contribution in [1.29, 1.82) is 0 Å². The number of carbonyl (C=O) groups excluding carboxylic acids is 3. The number of aromatic nitrogens is 1. The summed E-state index contributed by atoms with van der Waals surface area (Å²) in [6.45, 7) is 10.5. The van der Waals surface area contributed by atoms with E-state index in [1.807, 2.05) is 21.7 Å². The fourth-order valence-corrected chi connectivity index (χ4v) is 5.50. The summed E-state index contributed by atoms with van der Waals surface area (Å²) < 4.78 is 11.5. The second-order valence-electron chi connectivity index (χ2n) is 12.0. The Morgan fingerprint density at radius 1 is 1.08 bits per heavy atom. The maximum Gasteiger partial charge on any atom is 0.270 e. The van der Waals surface area contributed by atoms with Crippen LogP contribution in [0.1, 0.15) is 56.9 Å². The van der Waals surface area contributed by atoms with Crippen LogP contribution >= 0.6 is 0 Å². The number of ether oxygens (including phenoxy) is 2. The molecule has 38 heavy (non-hydrogen) atoms. The van der Waals surface area contributed by atoms with E-state index in [0.29, 0.717) is 77.2 Å². The Labute approximate surface area is 226 Å². The molecule has 0 spiro atoms. The second-order valence-corrected chi connectivity index (χ2v) is 12.0. The van der Waals surface area contributed by atoms with Gasteiger partial charge in [0.25, 0.3) is 5.91 Å². The van der Waals surface area contributed by atoms with E-state index in [1.165, 1.54) is 0 Å². The van der Waals surface area contributed by atoms with Gasteiger partial charge in [-0.1, -0.05) is 26.8 Å². The molecule has 1 N–H and O–H groups in total. The summed E-state index contributed by atoms with van der Waals surface area (Å²) >= 11 is 0. The van der Waals surface area contributed by atoms with Crippen LogP contribution < -0.4 is 10.1 Å². The number of hydrogen-bond acceptors (Lipinski definition) is 7. The fraction of sp³-hybridized carbons (Fsp3) is 0.714. The maximum absolute atomic E-state index is 13.4. The molecule has 4 aliphatic rings. The van der Waals surface area contributed by atoms with Gasteiger partial charge in [0.05, 0.1) is 19.3 Å². The van der Waals surface area contributed by atoms with E-state index in [2.05, 4.69) is 31.1 Å². The molecule has 6 bridgehead atoms. The summed E-state index contributed by atoms with van der Waals surface area (Å²) in [7, 11) is 1.94. The van der Waals surface area contributed by atoms with Crippen molar-refractivity contribution in [2.24, 2.45) is 11.3 Å². The Hall–Kier alpha value is -2.72. The molecule has 10 heteroatoms. The summed E-state index contributed by atoms with van der Waals surface area (Å²) in [5, 5.41) is 3.04. The lowest BCUT2D eigenvalue weighted by molar-refractivity contribution is -0.139. The molecule has 1 aromatic heterocycles. The first kappa shape index (κ1) is 28.3. The molecule has 5 rings (SSSR count). The highest BCUT2D eigenvalue weighted by Gasteiger charge is 2.38. The molecule has 0 radical (unpaired) electrons. The summed E-state index contributed by atoms with van der Waals surface area (Å²) in [6, 6.07) is 4.72. The van der Waals surface area contributed by atoms with E-state index in [-0.39, 0.29) is 40.9 Å². The van der Waals surface area contributed by atoms with Crippen molar-refractivity contribution in [2.75, 3.05) is 59.6 Å². The van der Waals surface area contributed by atoms with Crippen LogP contribution in [0.15, 0.2) is 18.2 Å². The number of nitrogens with zero attached hydrogens (tertiary/aromatic N) is 4. The molecule has 10 nitrogen and oxygen atoms in total. The topological polar surface area (TPSA) is 104 Å². The SMILES string of the molecule is CN1C[C@H]2C[C@H]1C(=O)N1CCC(CC1)CN(C(=O)CC(C)(C)C)CCOCCOc1cccc(n1)C(=O)N2. The van der Waals surface area contributed by atoms with Gasteiger partial charge in [0, 0.05) is 51.3 Å². The molecular formula is C28H43N5O5. The standard InChI is InChI=1S/C28H43N5O5/c1-28(2,3)17-25(34)33-12-13-37-14-15-38-24-7-5-6-22(30-24)26(35)29-21-16-23(31(4)19-21)27(36)32-10-8-20(18-33)9-11-32/h5-7,20-21,23H,8-19H2,1-4H3,(H,29,35)/t21-,23+/m1/s1. The van der Waals surface area contributed by atoms with Gasteiger partial charge in [-0.05, 0) is 43.7 Å². The van der Waals surface area contributed by atoms with Crippen LogP contribution in [0.2, 0.25) is 0 Å². The zero-order valence-corrected chi connectivity index (χ0v) is 23.3. The van der Waals surface area contributed by atoms with Crippen LogP contribution in [0.5, 0.6) is 5.88 Å². The van der Waals surface area contributed by atoms with Gasteiger partial charge in [-0.25, -0.2) is 4.98 Å². The van der Waals surface area contributed by atoms with Crippen molar-refractivity contribution in [3.8, 4) is 5.88 Å². The van der Waals surface area contributed by atoms with E-state index >= 15 is 0 Å². The molecule has 2 atom stereocenters. The minimum atomic E-state index is -0.273. The van der Waals surface area contributed by atoms with Crippen LogP contribution in [-0.2, 0) is 14.3 Å². The van der Waals surface area contributed by atoms with Gasteiger partial charge in [0.1, 0.15) is 12.3 Å². The zero-order chi connectivity index (χ0) is 27.3. The minimum absolute atomic E-state index is 0.0908. The molecule has 210 valence electrons. The van der Waals surface area contributed by atoms with E-state index in [0.717, 1.165) is 12.8 Å². The lowest BCUT2D eigenvalue weighted by Gasteiger charge is -2.37. The first-order chi connectivity index (χ1) is 18.1. The monoisotopic (exact) mass is 529 g/mol. The number of likely N-dealkylation sites (N-methyl/N-ethyl adjacent to an activating group) is 1. The summed E-state index contributed by atoms with van der Waals surface area (Å²) in [6.07, 6.45) is 2.80. The third-order valence-corrected chi connectivity index (χ3v) is 7.55. The average Bonchev–Trinajstić information content (AvgIpc) is 3.23. The van der Waals surface area contributed by atoms with Gasteiger partial charge < -0.3 is 24.6 Å². The predicted octanol–water partition coefficient (Wildman–Crippen LogP) is 1.80. The molecule has 2 saturated heterocycles. The van der Waals surface area contributed by atoms with Crippen LogP contribution in [0.25, 0.3) is 0 Å². The number of likely N-dealkylation sites (tertiary alicyclic amines) is 1. The number of hydrogen-bond donors (Lipinski definition) is 1. The lowest BCUT2D eigenvalue weighted by atomic mass is 9.90. The summed E-state index contributed by atoms with van der Waals surface area (Å²) in [4.78, 5) is 49.7. The molecular weight excluding hydrogens is 486 g/mol. The van der Waals surface area contributed by atoms with Crippen LogP contribution in [-0.4, -0.2) is 109 Å². The first-order valence-corrected chi connectivity index (χ1v) is 13.8. The third-order valence-electron chi connectivity index (χ3n) is 7.55. The molecule has 0 unspecified atom stereocenters. The number of pyridine rings is 1. The third kappa shape index (κ3) is 7.66. The van der Waals surface area contributed by atoms with Crippen molar-refractivity contribution >= 4 is 17.7 Å². The minimum Gasteiger partial charge on any atom is -0.475 e. The number of nitrogens with one attached hydrogen (secondary N) is 1. The van der Waals surface area contributed by atoms with Gasteiger partial charge in [-0.3, -0.25) is 19.3 Å². The number of amides is 3. The Bertz CT molecular complexity index is 988. The Kier molecular flexibility index (Phi) is 9.25. The van der Waals surface area contributed by atoms with Gasteiger partial charge in [0.15, 0.2) is 0 Å². The number of fused-ring (bicyclic) bond motifs is 10. The Morgan fingerprint density at radius 3 is 2.58 bits per heavy atom. The van der Waals surface area contributed by atoms with E-state index in [9.17, 15) is 14.4 Å². The lowest BCUT2D eigenvalue weighted by Crippen LogP contribution is -2.49. The van der Waals surface area contributed by atoms with Crippen molar-refractivity contribution in [3.63, 3.8) is 0 Å². The largest absolute Gasteiger partial charge is 0.475 e. The van der Waals surface area contributed by atoms with Gasteiger partial charge in [-0.2, -0.15) is 0 Å². The first-order valence-electron chi connectivity index (χ1n) is 13.8. The van der Waals surface area contributed by atoms with Gasteiger partial charge >= 0.3 is 0 Å². The predicted molar refractivity (Wildman–Crippen MR) is 143 cm³/mol. The molecule has 2 fully saturated rings. The molecule has 0 saturated carbocycles. The Morgan fingerprint density at radius 2 is 1.84 bits per heavy atom. The smallest absolute Gasteiger partial charge is 0.270 e. The number of rotatable bonds is 1. The second kappa shape index (κ2) is 12.4. The molecule has 4 aliphatic heterocycles. The van der Waals surface area contributed by atoms with Crippen molar-refractivity contribution in [2.45, 2.75) is 58.5 Å². The summed E-state index contributed by atoms with van der Waals surface area (Å²) in [5.74, 6) is 0.702.